The van der Waals surface area contributed by atoms with Gasteiger partial charge in [0.15, 0.2) is 9.84 Å². The third-order valence-electron chi connectivity index (χ3n) is 6.35. The molecule has 1 aliphatic heterocycles. The molecule has 1 atom stereocenters. The van der Waals surface area contributed by atoms with Gasteiger partial charge in [0.2, 0.25) is 5.91 Å². The Bertz CT molecular complexity index is 1130. The summed E-state index contributed by atoms with van der Waals surface area (Å²) in [5.41, 5.74) is 1.24. The molecule has 1 saturated heterocycles. The van der Waals surface area contributed by atoms with E-state index in [4.69, 9.17) is 0 Å². The Balaban J connectivity index is 1.47. The lowest BCUT2D eigenvalue weighted by Crippen LogP contribution is -2.52. The van der Waals surface area contributed by atoms with Crippen LogP contribution in [0.4, 0.5) is 0 Å². The molecule has 0 bridgehead atoms. The molecule has 164 valence electrons. The normalized spacial score (nSPS) is 22.1. The second kappa shape index (κ2) is 8.97. The molecule has 0 radical (unpaired) electrons. The van der Waals surface area contributed by atoms with Crippen LogP contribution in [0.15, 0.2) is 36.5 Å². The molecule has 1 amide bonds. The molecule has 2 aromatic rings. The van der Waals surface area contributed by atoms with Gasteiger partial charge in [-0.15, -0.1) is 0 Å². The first-order valence-electron chi connectivity index (χ1n) is 10.9. The maximum atomic E-state index is 12.8. The van der Waals surface area contributed by atoms with E-state index in [2.05, 4.69) is 22.1 Å². The molecule has 2 fully saturated rings. The predicted molar refractivity (Wildman–Crippen MR) is 122 cm³/mol. The van der Waals surface area contributed by atoms with Crippen LogP contribution in [0.25, 0.3) is 10.9 Å². The van der Waals surface area contributed by atoms with Crippen molar-refractivity contribution in [2.75, 3.05) is 25.1 Å². The SMILES string of the molecule is CN(CC(=O)NC1(C#Cc2cnc3ccccc3c2)CCCCC1)[C@@H]1CCS(=O)(=O)C1. The van der Waals surface area contributed by atoms with Crippen molar-refractivity contribution in [3.8, 4) is 11.8 Å². The van der Waals surface area contributed by atoms with Crippen LogP contribution in [-0.4, -0.2) is 60.9 Å². The van der Waals surface area contributed by atoms with Crippen molar-refractivity contribution in [1.29, 1.82) is 0 Å². The van der Waals surface area contributed by atoms with Gasteiger partial charge in [0.1, 0.15) is 5.54 Å². The Morgan fingerprint density at radius 2 is 2.03 bits per heavy atom. The zero-order valence-electron chi connectivity index (χ0n) is 17.9. The number of nitrogens with one attached hydrogen (secondary N) is 1. The Labute approximate surface area is 184 Å². The Hall–Kier alpha value is -2.43. The minimum atomic E-state index is -2.97. The molecule has 0 spiro atoms. The summed E-state index contributed by atoms with van der Waals surface area (Å²) in [6.07, 6.45) is 7.23. The summed E-state index contributed by atoms with van der Waals surface area (Å²) in [6.45, 7) is 0.182. The van der Waals surface area contributed by atoms with Crippen LogP contribution >= 0.6 is 0 Å². The van der Waals surface area contributed by atoms with Gasteiger partial charge in [0, 0.05) is 23.2 Å². The summed E-state index contributed by atoms with van der Waals surface area (Å²) in [5, 5.41) is 4.24. The Morgan fingerprint density at radius 1 is 1.26 bits per heavy atom. The molecule has 1 aromatic heterocycles. The van der Waals surface area contributed by atoms with E-state index >= 15 is 0 Å². The minimum absolute atomic E-state index is 0.0900. The largest absolute Gasteiger partial charge is 0.339 e. The number of benzene rings is 1. The van der Waals surface area contributed by atoms with Crippen LogP contribution < -0.4 is 5.32 Å². The van der Waals surface area contributed by atoms with E-state index in [1.54, 1.807) is 6.20 Å². The van der Waals surface area contributed by atoms with Gasteiger partial charge in [-0.1, -0.05) is 49.3 Å². The number of pyridine rings is 1. The molecule has 1 N–H and O–H groups in total. The van der Waals surface area contributed by atoms with Gasteiger partial charge in [0.05, 0.1) is 23.6 Å². The van der Waals surface area contributed by atoms with E-state index in [1.807, 2.05) is 42.3 Å². The molecule has 1 saturated carbocycles. The van der Waals surface area contributed by atoms with Crippen LogP contribution in [0.5, 0.6) is 0 Å². The lowest BCUT2D eigenvalue weighted by molar-refractivity contribution is -0.124. The zero-order valence-corrected chi connectivity index (χ0v) is 18.7. The van der Waals surface area contributed by atoms with Gasteiger partial charge in [-0.25, -0.2) is 8.42 Å². The van der Waals surface area contributed by atoms with Crippen LogP contribution in [-0.2, 0) is 14.6 Å². The molecule has 0 unspecified atom stereocenters. The van der Waals surface area contributed by atoms with Gasteiger partial charge in [0.25, 0.3) is 0 Å². The van der Waals surface area contributed by atoms with Crippen molar-refractivity contribution in [2.45, 2.75) is 50.1 Å². The van der Waals surface area contributed by atoms with Crippen molar-refractivity contribution >= 4 is 26.6 Å². The fraction of sp³-hybridized carbons (Fsp3) is 0.500. The lowest BCUT2D eigenvalue weighted by atomic mass is 9.82. The lowest BCUT2D eigenvalue weighted by Gasteiger charge is -2.34. The standard InChI is InChI=1S/C24H29N3O3S/c1-27(21-10-14-31(29,30)18-21)17-23(28)26-24(11-5-2-6-12-24)13-9-19-15-20-7-3-4-8-22(20)25-16-19/h3-4,7-8,15-16,21H,2,5-6,10-12,14,17-18H2,1H3,(H,26,28)/t21-/m1/s1. The van der Waals surface area contributed by atoms with E-state index in [9.17, 15) is 13.2 Å². The number of nitrogens with zero attached hydrogens (tertiary/aromatic N) is 2. The highest BCUT2D eigenvalue weighted by Gasteiger charge is 2.34. The zero-order chi connectivity index (χ0) is 21.9. The van der Waals surface area contributed by atoms with Crippen LogP contribution in [0.2, 0.25) is 0 Å². The van der Waals surface area contributed by atoms with Crippen LogP contribution in [0, 0.1) is 11.8 Å². The molecule has 2 aliphatic rings. The third kappa shape index (κ3) is 5.44. The van der Waals surface area contributed by atoms with Crippen molar-refractivity contribution in [3.05, 3.63) is 42.1 Å². The third-order valence-corrected chi connectivity index (χ3v) is 8.10. The highest BCUT2D eigenvalue weighted by Crippen LogP contribution is 2.28. The van der Waals surface area contributed by atoms with Crippen molar-refractivity contribution in [3.63, 3.8) is 0 Å². The summed E-state index contributed by atoms with van der Waals surface area (Å²) < 4.78 is 23.5. The van der Waals surface area contributed by atoms with E-state index in [-0.39, 0.29) is 30.0 Å². The summed E-state index contributed by atoms with van der Waals surface area (Å²) in [6, 6.07) is 9.88. The molecule has 31 heavy (non-hydrogen) atoms. The Kier molecular flexibility index (Phi) is 6.31. The minimum Gasteiger partial charge on any atom is -0.339 e. The fourth-order valence-corrected chi connectivity index (χ4v) is 6.36. The highest BCUT2D eigenvalue weighted by molar-refractivity contribution is 7.91. The van der Waals surface area contributed by atoms with Crippen molar-refractivity contribution < 1.29 is 13.2 Å². The first kappa shape index (κ1) is 21.8. The van der Waals surface area contributed by atoms with E-state index in [1.165, 1.54) is 0 Å². The average Bonchev–Trinajstić information content (AvgIpc) is 3.12. The molecule has 1 aliphatic carbocycles. The average molecular weight is 440 g/mol. The van der Waals surface area contributed by atoms with Crippen LogP contribution in [0.1, 0.15) is 44.1 Å². The maximum Gasteiger partial charge on any atom is 0.235 e. The molecule has 2 heterocycles. The molecular weight excluding hydrogens is 410 g/mol. The monoisotopic (exact) mass is 439 g/mol. The number of rotatable bonds is 4. The van der Waals surface area contributed by atoms with Gasteiger partial charge in [-0.05, 0) is 38.4 Å². The summed E-state index contributed by atoms with van der Waals surface area (Å²) in [5.74, 6) is 6.86. The second-order valence-corrected chi connectivity index (χ2v) is 11.1. The number of carbonyl (C=O) groups is 1. The molecule has 7 heteroatoms. The first-order valence-corrected chi connectivity index (χ1v) is 12.8. The number of aromatic nitrogens is 1. The summed E-state index contributed by atoms with van der Waals surface area (Å²) in [4.78, 5) is 19.2. The Morgan fingerprint density at radius 3 is 2.77 bits per heavy atom. The van der Waals surface area contributed by atoms with E-state index in [0.29, 0.717) is 6.42 Å². The number of para-hydroxylation sites is 1. The van der Waals surface area contributed by atoms with Crippen molar-refractivity contribution in [1.82, 2.24) is 15.2 Å². The molecule has 4 rings (SSSR count). The summed E-state index contributed by atoms with van der Waals surface area (Å²) in [7, 11) is -1.15. The number of sulfone groups is 1. The van der Waals surface area contributed by atoms with Crippen LogP contribution in [0.3, 0.4) is 0 Å². The maximum absolute atomic E-state index is 12.8. The van der Waals surface area contributed by atoms with Gasteiger partial charge in [-0.3, -0.25) is 14.7 Å². The number of amides is 1. The van der Waals surface area contributed by atoms with Gasteiger partial charge < -0.3 is 5.32 Å². The number of likely N-dealkylation sites (N-methyl/N-ethyl adjacent to an activating group) is 1. The van der Waals surface area contributed by atoms with E-state index < -0.39 is 15.4 Å². The van der Waals surface area contributed by atoms with Gasteiger partial charge >= 0.3 is 0 Å². The smallest absolute Gasteiger partial charge is 0.235 e. The molecular formula is C24H29N3O3S. The van der Waals surface area contributed by atoms with E-state index in [0.717, 1.165) is 48.6 Å². The number of carbonyl (C=O) groups excluding carboxylic acids is 1. The predicted octanol–water partition coefficient (Wildman–Crippen LogP) is 2.52. The van der Waals surface area contributed by atoms with Crippen molar-refractivity contribution in [2.24, 2.45) is 0 Å². The second-order valence-electron chi connectivity index (χ2n) is 8.83. The highest BCUT2D eigenvalue weighted by atomic mass is 32.2. The number of hydrogen-bond acceptors (Lipinski definition) is 5. The quantitative estimate of drug-likeness (QED) is 0.741. The summed E-state index contributed by atoms with van der Waals surface area (Å²) >= 11 is 0. The van der Waals surface area contributed by atoms with Gasteiger partial charge in [-0.2, -0.15) is 0 Å². The fourth-order valence-electron chi connectivity index (χ4n) is 4.55. The molecule has 1 aromatic carbocycles. The number of hydrogen-bond donors (Lipinski definition) is 1. The first-order chi connectivity index (χ1) is 14.8. The topological polar surface area (TPSA) is 79.4 Å². The molecule has 6 nitrogen and oxygen atoms in total. The number of fused-ring (bicyclic) bond motifs is 1.